The van der Waals surface area contributed by atoms with Crippen LogP contribution < -0.4 is 4.72 Å². The molecule has 0 radical (unpaired) electrons. The van der Waals surface area contributed by atoms with Crippen molar-refractivity contribution >= 4 is 26.0 Å². The molecule has 1 unspecified atom stereocenters. The molecule has 0 saturated heterocycles. The molecule has 0 aliphatic heterocycles. The molecule has 0 aliphatic carbocycles. The lowest BCUT2D eigenvalue weighted by atomic mass is 10.2. The van der Waals surface area contributed by atoms with Crippen LogP contribution in [0.5, 0.6) is 0 Å². The summed E-state index contributed by atoms with van der Waals surface area (Å²) in [5.41, 5.74) is 0. The highest BCUT2D eigenvalue weighted by molar-refractivity contribution is 9.09. The van der Waals surface area contributed by atoms with Crippen molar-refractivity contribution in [1.82, 2.24) is 4.72 Å². The molecule has 0 heterocycles. The minimum Gasteiger partial charge on any atom is -0.214 e. The van der Waals surface area contributed by atoms with Crippen LogP contribution in [-0.4, -0.2) is 25.5 Å². The Morgan fingerprint density at radius 2 is 1.85 bits per heavy atom. The highest BCUT2D eigenvalue weighted by Gasteiger charge is 2.11. The van der Waals surface area contributed by atoms with Crippen LogP contribution in [0.15, 0.2) is 0 Å². The Bertz CT molecular complexity index is 206. The zero-order chi connectivity index (χ0) is 10.5. The third-order valence-corrected chi connectivity index (χ3v) is 3.25. The lowest BCUT2D eigenvalue weighted by Crippen LogP contribution is -2.31. The minimum atomic E-state index is -3.05. The fourth-order valence-electron chi connectivity index (χ4n) is 0.705. The molecule has 1 atom stereocenters. The van der Waals surface area contributed by atoms with E-state index in [9.17, 15) is 8.42 Å². The van der Waals surface area contributed by atoms with Crippen molar-refractivity contribution in [2.45, 2.75) is 32.0 Å². The van der Waals surface area contributed by atoms with Gasteiger partial charge >= 0.3 is 0 Å². The SMILES string of the molecule is CC(C)CCS(=O)(=O)NCC(C)Br. The van der Waals surface area contributed by atoms with Crippen LogP contribution in [0.4, 0.5) is 0 Å². The van der Waals surface area contributed by atoms with E-state index in [2.05, 4.69) is 20.7 Å². The lowest BCUT2D eigenvalue weighted by Gasteiger charge is -2.08. The average Bonchev–Trinajstić information content (AvgIpc) is 1.98. The van der Waals surface area contributed by atoms with Gasteiger partial charge in [0, 0.05) is 11.4 Å². The van der Waals surface area contributed by atoms with Crippen LogP contribution in [0.2, 0.25) is 0 Å². The Hall–Kier alpha value is 0.390. The molecule has 13 heavy (non-hydrogen) atoms. The fourth-order valence-corrected chi connectivity index (χ4v) is 2.51. The molecule has 80 valence electrons. The molecule has 1 N–H and O–H groups in total. The molecule has 0 saturated carbocycles. The van der Waals surface area contributed by atoms with Crippen LogP contribution in [0.25, 0.3) is 0 Å². The third kappa shape index (κ3) is 8.71. The second kappa shape index (κ2) is 5.98. The van der Waals surface area contributed by atoms with E-state index in [0.717, 1.165) is 0 Å². The molecule has 0 aromatic carbocycles. The maximum Gasteiger partial charge on any atom is 0.211 e. The van der Waals surface area contributed by atoms with E-state index >= 15 is 0 Å². The van der Waals surface area contributed by atoms with Crippen molar-refractivity contribution in [2.75, 3.05) is 12.3 Å². The van der Waals surface area contributed by atoms with Crippen molar-refractivity contribution in [2.24, 2.45) is 5.92 Å². The van der Waals surface area contributed by atoms with E-state index in [1.807, 2.05) is 20.8 Å². The predicted octanol–water partition coefficient (Wildman–Crippen LogP) is 1.74. The van der Waals surface area contributed by atoms with Gasteiger partial charge in [-0.15, -0.1) is 0 Å². The zero-order valence-electron chi connectivity index (χ0n) is 8.38. The molecular weight excluding hydrogens is 254 g/mol. The van der Waals surface area contributed by atoms with Gasteiger partial charge in [0.2, 0.25) is 10.0 Å². The molecule has 0 fully saturated rings. The van der Waals surface area contributed by atoms with Gasteiger partial charge < -0.3 is 0 Å². The fraction of sp³-hybridized carbons (Fsp3) is 1.00. The van der Waals surface area contributed by atoms with E-state index in [1.165, 1.54) is 0 Å². The van der Waals surface area contributed by atoms with Crippen molar-refractivity contribution in [1.29, 1.82) is 0 Å². The number of rotatable bonds is 6. The second-order valence-corrected chi connectivity index (χ2v) is 7.12. The van der Waals surface area contributed by atoms with Crippen LogP contribution in [0, 0.1) is 5.92 Å². The molecule has 0 bridgehead atoms. The van der Waals surface area contributed by atoms with Gasteiger partial charge in [0.05, 0.1) is 5.75 Å². The molecule has 0 amide bonds. The van der Waals surface area contributed by atoms with Crippen molar-refractivity contribution < 1.29 is 8.42 Å². The lowest BCUT2D eigenvalue weighted by molar-refractivity contribution is 0.562. The van der Waals surface area contributed by atoms with E-state index in [0.29, 0.717) is 18.9 Å². The molecule has 0 spiro atoms. The van der Waals surface area contributed by atoms with Gasteiger partial charge in [-0.2, -0.15) is 0 Å². The summed E-state index contributed by atoms with van der Waals surface area (Å²) in [7, 11) is -3.05. The van der Waals surface area contributed by atoms with E-state index in [4.69, 9.17) is 0 Å². The number of sulfonamides is 1. The van der Waals surface area contributed by atoms with Gasteiger partial charge in [-0.3, -0.25) is 0 Å². The Morgan fingerprint density at radius 3 is 2.23 bits per heavy atom. The normalized spacial score (nSPS) is 14.8. The van der Waals surface area contributed by atoms with E-state index in [1.54, 1.807) is 0 Å². The topological polar surface area (TPSA) is 46.2 Å². The van der Waals surface area contributed by atoms with Crippen molar-refractivity contribution in [3.8, 4) is 0 Å². The van der Waals surface area contributed by atoms with Gasteiger partial charge in [0.25, 0.3) is 0 Å². The smallest absolute Gasteiger partial charge is 0.211 e. The maximum atomic E-state index is 11.3. The van der Waals surface area contributed by atoms with Crippen molar-refractivity contribution in [3.63, 3.8) is 0 Å². The summed E-state index contributed by atoms with van der Waals surface area (Å²) in [5, 5.41) is 0. The van der Waals surface area contributed by atoms with Crippen LogP contribution in [0.3, 0.4) is 0 Å². The standard InChI is InChI=1S/C8H18BrNO2S/c1-7(2)4-5-13(11,12)10-6-8(3)9/h7-8,10H,4-6H2,1-3H3. The summed E-state index contributed by atoms with van der Waals surface area (Å²) in [6.07, 6.45) is 0.714. The monoisotopic (exact) mass is 271 g/mol. The summed E-state index contributed by atoms with van der Waals surface area (Å²) in [6.45, 7) is 6.40. The molecule has 0 rings (SSSR count). The van der Waals surface area contributed by atoms with Gasteiger partial charge in [-0.1, -0.05) is 36.7 Å². The molecule has 0 aromatic rings. The first kappa shape index (κ1) is 13.4. The number of nitrogens with one attached hydrogen (secondary N) is 1. The Balaban J connectivity index is 3.81. The molecule has 3 nitrogen and oxygen atoms in total. The van der Waals surface area contributed by atoms with E-state index < -0.39 is 10.0 Å². The average molecular weight is 272 g/mol. The molecule has 0 aromatic heterocycles. The van der Waals surface area contributed by atoms with Crippen LogP contribution in [0.1, 0.15) is 27.2 Å². The first-order valence-electron chi connectivity index (χ1n) is 4.45. The minimum absolute atomic E-state index is 0.182. The van der Waals surface area contributed by atoms with Gasteiger partial charge in [-0.05, 0) is 12.3 Å². The number of halogens is 1. The molecular formula is C8H18BrNO2S. The van der Waals surface area contributed by atoms with Crippen LogP contribution in [-0.2, 0) is 10.0 Å². The summed E-state index contributed by atoms with van der Waals surface area (Å²) in [5.74, 6) is 0.655. The Labute approximate surface area is 89.5 Å². The number of hydrogen-bond donors (Lipinski definition) is 1. The quantitative estimate of drug-likeness (QED) is 0.748. The predicted molar refractivity (Wildman–Crippen MR) is 59.6 cm³/mol. The third-order valence-electron chi connectivity index (χ3n) is 1.55. The molecule has 0 aliphatic rings. The van der Waals surface area contributed by atoms with Crippen LogP contribution >= 0.6 is 15.9 Å². The highest BCUT2D eigenvalue weighted by Crippen LogP contribution is 2.02. The number of hydrogen-bond acceptors (Lipinski definition) is 2. The second-order valence-electron chi connectivity index (χ2n) is 3.63. The Morgan fingerprint density at radius 1 is 1.31 bits per heavy atom. The van der Waals surface area contributed by atoms with Crippen molar-refractivity contribution in [3.05, 3.63) is 0 Å². The van der Waals surface area contributed by atoms with Gasteiger partial charge in [-0.25, -0.2) is 13.1 Å². The summed E-state index contributed by atoms with van der Waals surface area (Å²) in [4.78, 5) is 0.182. The van der Waals surface area contributed by atoms with Gasteiger partial charge in [0.1, 0.15) is 0 Å². The highest BCUT2D eigenvalue weighted by atomic mass is 79.9. The Kier molecular flexibility index (Phi) is 6.16. The summed E-state index contributed by atoms with van der Waals surface area (Å²) < 4.78 is 25.2. The number of alkyl halides is 1. The van der Waals surface area contributed by atoms with Gasteiger partial charge in [0.15, 0.2) is 0 Å². The maximum absolute atomic E-state index is 11.3. The molecule has 5 heteroatoms. The summed E-state index contributed by atoms with van der Waals surface area (Å²) in [6, 6.07) is 0. The zero-order valence-corrected chi connectivity index (χ0v) is 10.8. The largest absolute Gasteiger partial charge is 0.214 e. The first-order valence-corrected chi connectivity index (χ1v) is 7.01. The first-order chi connectivity index (χ1) is 5.83. The van der Waals surface area contributed by atoms with E-state index in [-0.39, 0.29) is 10.6 Å². The summed E-state index contributed by atoms with van der Waals surface area (Å²) >= 11 is 3.28.